The van der Waals surface area contributed by atoms with Crippen LogP contribution in [0.2, 0.25) is 0 Å². The van der Waals surface area contributed by atoms with Gasteiger partial charge in [-0.05, 0) is 25.0 Å². The number of rotatable bonds is 6. The Morgan fingerprint density at radius 1 is 1.48 bits per heavy atom. The van der Waals surface area contributed by atoms with Crippen molar-refractivity contribution >= 4 is 6.03 Å². The van der Waals surface area contributed by atoms with Crippen LogP contribution < -0.4 is 10.1 Å². The normalized spacial score (nSPS) is 16.2. The zero-order valence-electron chi connectivity index (χ0n) is 13.6. The van der Waals surface area contributed by atoms with E-state index in [1.807, 2.05) is 26.0 Å². The zero-order chi connectivity index (χ0) is 17.0. The molecule has 7 heteroatoms. The summed E-state index contributed by atoms with van der Waals surface area (Å²) in [6.07, 6.45) is -2.59. The van der Waals surface area contributed by atoms with Crippen LogP contribution in [-0.4, -0.2) is 50.8 Å². The second-order valence-electron chi connectivity index (χ2n) is 5.57. The molecular formula is C16H22F2N2O3. The Labute approximate surface area is 134 Å². The van der Waals surface area contributed by atoms with Crippen LogP contribution in [0.4, 0.5) is 13.6 Å². The van der Waals surface area contributed by atoms with Crippen molar-refractivity contribution in [2.24, 2.45) is 0 Å². The van der Waals surface area contributed by atoms with Gasteiger partial charge in [0.15, 0.2) is 0 Å². The van der Waals surface area contributed by atoms with Crippen LogP contribution in [0.1, 0.15) is 22.7 Å². The van der Waals surface area contributed by atoms with Gasteiger partial charge in [-0.25, -0.2) is 13.6 Å². The van der Waals surface area contributed by atoms with Gasteiger partial charge in [0.25, 0.3) is 6.43 Å². The fourth-order valence-corrected chi connectivity index (χ4v) is 2.54. The predicted molar refractivity (Wildman–Crippen MR) is 82.1 cm³/mol. The summed E-state index contributed by atoms with van der Waals surface area (Å²) in [5.41, 5.74) is 3.02. The van der Waals surface area contributed by atoms with Gasteiger partial charge in [-0.1, -0.05) is 12.1 Å². The van der Waals surface area contributed by atoms with E-state index in [1.165, 1.54) is 7.11 Å². The molecule has 0 aromatic heterocycles. The fraction of sp³-hybridized carbons (Fsp3) is 0.562. The molecule has 2 rings (SSSR count). The molecule has 23 heavy (non-hydrogen) atoms. The minimum absolute atomic E-state index is 0.111. The highest BCUT2D eigenvalue weighted by molar-refractivity contribution is 5.75. The molecule has 1 N–H and O–H groups in total. The molecule has 0 aliphatic carbocycles. The van der Waals surface area contributed by atoms with Crippen LogP contribution >= 0.6 is 0 Å². The third-order valence-corrected chi connectivity index (χ3v) is 3.99. The number of aryl methyl sites for hydroxylation is 1. The van der Waals surface area contributed by atoms with Gasteiger partial charge >= 0.3 is 6.03 Å². The second-order valence-corrected chi connectivity index (χ2v) is 5.57. The summed E-state index contributed by atoms with van der Waals surface area (Å²) in [6, 6.07) is 2.99. The molecule has 5 nitrogen and oxygen atoms in total. The standard InChI is InChI=1S/C16H22F2N2O3/c1-10-4-5-12-13(9-23-15(12)11(10)2)19-16(21)20(6-7-22-3)8-14(17)18/h4-5,13-14H,6-9H2,1-3H3,(H,19,21). The Hall–Kier alpha value is -1.89. The third kappa shape index (κ3) is 4.10. The highest BCUT2D eigenvalue weighted by Crippen LogP contribution is 2.36. The third-order valence-electron chi connectivity index (χ3n) is 3.99. The number of fused-ring (bicyclic) bond motifs is 1. The van der Waals surface area contributed by atoms with Crippen molar-refractivity contribution in [1.29, 1.82) is 0 Å². The lowest BCUT2D eigenvalue weighted by atomic mass is 10.0. The summed E-state index contributed by atoms with van der Waals surface area (Å²) in [4.78, 5) is 13.3. The molecule has 0 bridgehead atoms. The number of urea groups is 1. The Morgan fingerprint density at radius 3 is 2.87 bits per heavy atom. The van der Waals surface area contributed by atoms with E-state index < -0.39 is 19.0 Å². The number of benzene rings is 1. The smallest absolute Gasteiger partial charge is 0.318 e. The van der Waals surface area contributed by atoms with Gasteiger partial charge in [0.1, 0.15) is 12.4 Å². The molecule has 0 radical (unpaired) electrons. The summed E-state index contributed by atoms with van der Waals surface area (Å²) >= 11 is 0. The predicted octanol–water partition coefficient (Wildman–Crippen LogP) is 2.66. The summed E-state index contributed by atoms with van der Waals surface area (Å²) in [7, 11) is 1.46. The van der Waals surface area contributed by atoms with Crippen LogP contribution in [0.25, 0.3) is 0 Å². The quantitative estimate of drug-likeness (QED) is 0.873. The van der Waals surface area contributed by atoms with Gasteiger partial charge in [0.05, 0.1) is 19.2 Å². The lowest BCUT2D eigenvalue weighted by molar-refractivity contribution is 0.0823. The SMILES string of the molecule is COCCN(CC(F)F)C(=O)NC1COc2c1ccc(C)c2C. The zero-order valence-corrected chi connectivity index (χ0v) is 13.6. The topological polar surface area (TPSA) is 50.8 Å². The average Bonchev–Trinajstić information content (AvgIpc) is 2.90. The van der Waals surface area contributed by atoms with Gasteiger partial charge in [-0.3, -0.25) is 0 Å². The fourth-order valence-electron chi connectivity index (χ4n) is 2.54. The number of ether oxygens (including phenoxy) is 2. The molecule has 2 amide bonds. The molecule has 1 heterocycles. The first kappa shape index (κ1) is 17.5. The highest BCUT2D eigenvalue weighted by Gasteiger charge is 2.29. The minimum atomic E-state index is -2.59. The molecule has 0 fully saturated rings. The number of carbonyl (C=O) groups is 1. The lowest BCUT2D eigenvalue weighted by Crippen LogP contribution is -2.45. The number of alkyl halides is 2. The van der Waals surface area contributed by atoms with Crippen molar-refractivity contribution in [1.82, 2.24) is 10.2 Å². The van der Waals surface area contributed by atoms with E-state index in [9.17, 15) is 13.6 Å². The Morgan fingerprint density at radius 2 is 2.22 bits per heavy atom. The van der Waals surface area contributed by atoms with Crippen molar-refractivity contribution < 1.29 is 23.0 Å². The van der Waals surface area contributed by atoms with Crippen LogP contribution in [-0.2, 0) is 4.74 Å². The second kappa shape index (κ2) is 7.59. The maximum absolute atomic E-state index is 12.6. The summed E-state index contributed by atoms with van der Waals surface area (Å²) in [5.74, 6) is 0.771. The molecule has 1 atom stereocenters. The van der Waals surface area contributed by atoms with Crippen molar-refractivity contribution in [2.45, 2.75) is 26.3 Å². The first-order valence-corrected chi connectivity index (χ1v) is 7.49. The first-order chi connectivity index (χ1) is 10.9. The van der Waals surface area contributed by atoms with E-state index >= 15 is 0 Å². The van der Waals surface area contributed by atoms with Crippen LogP contribution in [0.3, 0.4) is 0 Å². The maximum atomic E-state index is 12.6. The Balaban J connectivity index is 2.07. The highest BCUT2D eigenvalue weighted by atomic mass is 19.3. The van der Waals surface area contributed by atoms with Crippen molar-refractivity contribution in [2.75, 3.05) is 33.4 Å². The van der Waals surface area contributed by atoms with E-state index in [0.29, 0.717) is 6.61 Å². The number of nitrogens with one attached hydrogen (secondary N) is 1. The first-order valence-electron chi connectivity index (χ1n) is 7.49. The van der Waals surface area contributed by atoms with Gasteiger partial charge in [0, 0.05) is 19.2 Å². The van der Waals surface area contributed by atoms with Gasteiger partial charge in [-0.15, -0.1) is 0 Å². The number of halogens is 2. The average molecular weight is 328 g/mol. The van der Waals surface area contributed by atoms with Crippen molar-refractivity contribution in [3.8, 4) is 5.75 Å². The number of nitrogens with zero attached hydrogens (tertiary/aromatic N) is 1. The van der Waals surface area contributed by atoms with E-state index in [0.717, 1.165) is 27.3 Å². The Kier molecular flexibility index (Phi) is 5.76. The summed E-state index contributed by atoms with van der Waals surface area (Å²) < 4.78 is 35.8. The van der Waals surface area contributed by atoms with E-state index in [2.05, 4.69) is 5.32 Å². The van der Waals surface area contributed by atoms with Gasteiger partial charge in [0.2, 0.25) is 0 Å². The van der Waals surface area contributed by atoms with Crippen molar-refractivity contribution in [3.05, 3.63) is 28.8 Å². The molecular weight excluding hydrogens is 306 g/mol. The number of carbonyl (C=O) groups excluding carboxylic acids is 1. The minimum Gasteiger partial charge on any atom is -0.490 e. The van der Waals surface area contributed by atoms with Gasteiger partial charge < -0.3 is 19.7 Å². The number of hydrogen-bond donors (Lipinski definition) is 1. The molecule has 0 saturated carbocycles. The number of amides is 2. The van der Waals surface area contributed by atoms with Crippen LogP contribution in [0.5, 0.6) is 5.75 Å². The lowest BCUT2D eigenvalue weighted by Gasteiger charge is -2.24. The van der Waals surface area contributed by atoms with Crippen LogP contribution in [0, 0.1) is 13.8 Å². The molecule has 1 unspecified atom stereocenters. The molecule has 128 valence electrons. The van der Waals surface area contributed by atoms with E-state index in [1.54, 1.807) is 0 Å². The summed E-state index contributed by atoms with van der Waals surface area (Å²) in [6.45, 7) is 3.94. The molecule has 1 aromatic rings. The summed E-state index contributed by atoms with van der Waals surface area (Å²) in [5, 5.41) is 2.77. The van der Waals surface area contributed by atoms with Gasteiger partial charge in [-0.2, -0.15) is 0 Å². The maximum Gasteiger partial charge on any atom is 0.318 e. The van der Waals surface area contributed by atoms with E-state index in [-0.39, 0.29) is 19.2 Å². The van der Waals surface area contributed by atoms with E-state index in [4.69, 9.17) is 9.47 Å². The molecule has 0 spiro atoms. The van der Waals surface area contributed by atoms with Crippen LogP contribution in [0.15, 0.2) is 12.1 Å². The monoisotopic (exact) mass is 328 g/mol. The molecule has 1 aliphatic rings. The molecule has 0 saturated heterocycles. The number of methoxy groups -OCH3 is 1. The number of hydrogen-bond acceptors (Lipinski definition) is 3. The molecule has 1 aromatic carbocycles. The molecule has 1 aliphatic heterocycles. The largest absolute Gasteiger partial charge is 0.490 e. The Bertz CT molecular complexity index is 567. The van der Waals surface area contributed by atoms with Crippen molar-refractivity contribution in [3.63, 3.8) is 0 Å².